The van der Waals surface area contributed by atoms with Gasteiger partial charge in [0.15, 0.2) is 5.96 Å². The Kier molecular flexibility index (Phi) is 7.46. The first-order valence-corrected chi connectivity index (χ1v) is 9.60. The van der Waals surface area contributed by atoms with Crippen LogP contribution >= 0.6 is 0 Å². The minimum Gasteiger partial charge on any atom is -0.489 e. The van der Waals surface area contributed by atoms with Crippen molar-refractivity contribution in [3.63, 3.8) is 0 Å². The Labute approximate surface area is 171 Å². The average molecular weight is 390 g/mol. The van der Waals surface area contributed by atoms with Crippen molar-refractivity contribution in [2.45, 2.75) is 19.6 Å². The van der Waals surface area contributed by atoms with E-state index in [1.54, 1.807) is 13.1 Å². The number of hydrogen-bond acceptors (Lipinski definition) is 3. The van der Waals surface area contributed by atoms with Crippen molar-refractivity contribution in [3.05, 3.63) is 96.3 Å². The van der Waals surface area contributed by atoms with Crippen LogP contribution in [0.15, 0.2) is 84.6 Å². The smallest absolute Gasteiger partial charge is 0.191 e. The predicted molar refractivity (Wildman–Crippen MR) is 117 cm³/mol. The van der Waals surface area contributed by atoms with Gasteiger partial charge in [0.2, 0.25) is 0 Å². The van der Waals surface area contributed by atoms with Gasteiger partial charge in [-0.1, -0.05) is 61.2 Å². The van der Waals surface area contributed by atoms with Crippen molar-refractivity contribution in [3.8, 4) is 5.75 Å². The number of nitrogens with zero attached hydrogens (tertiary/aromatic N) is 3. The number of rotatable bonds is 9. The fraction of sp³-hybridized carbons (Fsp3) is 0.217. The summed E-state index contributed by atoms with van der Waals surface area (Å²) in [6, 6.07) is 18.2. The molecule has 6 heteroatoms. The highest BCUT2D eigenvalue weighted by atomic mass is 16.5. The fourth-order valence-corrected chi connectivity index (χ4v) is 2.88. The van der Waals surface area contributed by atoms with Crippen LogP contribution < -0.4 is 15.4 Å². The normalized spacial score (nSPS) is 11.1. The van der Waals surface area contributed by atoms with E-state index in [0.717, 1.165) is 29.4 Å². The van der Waals surface area contributed by atoms with Gasteiger partial charge in [-0.25, -0.2) is 0 Å². The third-order valence-electron chi connectivity index (χ3n) is 4.33. The van der Waals surface area contributed by atoms with Crippen molar-refractivity contribution in [2.75, 3.05) is 13.7 Å². The average Bonchev–Trinajstić information content (AvgIpc) is 3.21. The molecule has 0 aliphatic heterocycles. The number of nitrogens with one attached hydrogen (secondary N) is 2. The van der Waals surface area contributed by atoms with Gasteiger partial charge in [0, 0.05) is 37.5 Å². The van der Waals surface area contributed by atoms with Gasteiger partial charge in [-0.3, -0.25) is 9.67 Å². The SMILES string of the molecule is C=CCOc1ccccc1CNC(=NC)NCc1cnn(Cc2ccccc2)c1. The lowest BCUT2D eigenvalue weighted by Gasteiger charge is -2.14. The van der Waals surface area contributed by atoms with Gasteiger partial charge in [0.25, 0.3) is 0 Å². The second-order valence-corrected chi connectivity index (χ2v) is 6.52. The Morgan fingerprint density at radius 3 is 2.62 bits per heavy atom. The van der Waals surface area contributed by atoms with Crippen molar-refractivity contribution >= 4 is 5.96 Å². The summed E-state index contributed by atoms with van der Waals surface area (Å²) in [5.41, 5.74) is 3.39. The topological polar surface area (TPSA) is 63.5 Å². The van der Waals surface area contributed by atoms with Crippen LogP contribution in [-0.4, -0.2) is 29.4 Å². The zero-order valence-electron chi connectivity index (χ0n) is 16.7. The summed E-state index contributed by atoms with van der Waals surface area (Å²) in [7, 11) is 1.76. The quantitative estimate of drug-likeness (QED) is 0.335. The van der Waals surface area contributed by atoms with Gasteiger partial charge >= 0.3 is 0 Å². The molecule has 1 aromatic heterocycles. The molecular formula is C23H27N5O. The van der Waals surface area contributed by atoms with Crippen molar-refractivity contribution < 1.29 is 4.74 Å². The predicted octanol–water partition coefficient (Wildman–Crippen LogP) is 3.36. The summed E-state index contributed by atoms with van der Waals surface area (Å²) < 4.78 is 7.64. The molecule has 0 aliphatic rings. The van der Waals surface area contributed by atoms with E-state index in [4.69, 9.17) is 4.74 Å². The molecule has 0 saturated carbocycles. The summed E-state index contributed by atoms with van der Waals surface area (Å²) in [5.74, 6) is 1.57. The zero-order valence-corrected chi connectivity index (χ0v) is 16.7. The summed E-state index contributed by atoms with van der Waals surface area (Å²) in [5, 5.41) is 11.1. The molecule has 0 unspecified atom stereocenters. The summed E-state index contributed by atoms with van der Waals surface area (Å²) >= 11 is 0. The van der Waals surface area contributed by atoms with Crippen molar-refractivity contribution in [1.29, 1.82) is 0 Å². The van der Waals surface area contributed by atoms with Crippen LogP contribution in [0.2, 0.25) is 0 Å². The molecule has 0 radical (unpaired) electrons. The minimum absolute atomic E-state index is 0.483. The van der Waals surface area contributed by atoms with Gasteiger partial charge in [-0.15, -0.1) is 0 Å². The minimum atomic E-state index is 0.483. The van der Waals surface area contributed by atoms with E-state index in [-0.39, 0.29) is 0 Å². The molecule has 2 aromatic carbocycles. The molecule has 2 N–H and O–H groups in total. The molecule has 0 aliphatic carbocycles. The highest BCUT2D eigenvalue weighted by Crippen LogP contribution is 2.17. The first kappa shape index (κ1) is 20.2. The molecule has 0 spiro atoms. The number of guanidine groups is 1. The largest absolute Gasteiger partial charge is 0.489 e. The highest BCUT2D eigenvalue weighted by molar-refractivity contribution is 5.79. The third kappa shape index (κ3) is 6.24. The molecule has 3 aromatic rings. The first-order valence-electron chi connectivity index (χ1n) is 9.60. The van der Waals surface area contributed by atoms with E-state index in [1.807, 2.05) is 59.5 Å². The Morgan fingerprint density at radius 1 is 1.07 bits per heavy atom. The van der Waals surface area contributed by atoms with Crippen LogP contribution in [0.25, 0.3) is 0 Å². The molecule has 29 heavy (non-hydrogen) atoms. The molecule has 0 atom stereocenters. The van der Waals surface area contributed by atoms with Gasteiger partial charge in [0.05, 0.1) is 12.7 Å². The van der Waals surface area contributed by atoms with Crippen molar-refractivity contribution in [2.24, 2.45) is 4.99 Å². The molecule has 0 amide bonds. The Balaban J connectivity index is 1.51. The molecular weight excluding hydrogens is 362 g/mol. The number of aromatic nitrogens is 2. The Bertz CT molecular complexity index is 933. The number of hydrogen-bond donors (Lipinski definition) is 2. The third-order valence-corrected chi connectivity index (χ3v) is 4.33. The van der Waals surface area contributed by atoms with Crippen LogP contribution in [0.5, 0.6) is 5.75 Å². The molecule has 1 heterocycles. The Hall–Kier alpha value is -3.54. The van der Waals surface area contributed by atoms with Gasteiger partial charge in [0.1, 0.15) is 12.4 Å². The maximum Gasteiger partial charge on any atom is 0.191 e. The summed E-state index contributed by atoms with van der Waals surface area (Å²) in [6.45, 7) is 6.19. The number of aliphatic imine (C=N–C) groups is 1. The molecule has 6 nitrogen and oxygen atoms in total. The monoisotopic (exact) mass is 389 g/mol. The number of benzene rings is 2. The standard InChI is InChI=1S/C23H27N5O/c1-3-13-29-22-12-8-7-11-21(22)16-26-23(24-2)25-14-20-15-27-28(18-20)17-19-9-5-4-6-10-19/h3-12,15,18H,1,13-14,16-17H2,2H3,(H2,24,25,26). The van der Waals surface area contributed by atoms with Crippen LogP contribution in [0.3, 0.4) is 0 Å². The molecule has 0 fully saturated rings. The van der Waals surface area contributed by atoms with E-state index in [9.17, 15) is 0 Å². The van der Waals surface area contributed by atoms with Gasteiger partial charge < -0.3 is 15.4 Å². The van der Waals surface area contributed by atoms with E-state index in [0.29, 0.717) is 19.7 Å². The zero-order chi connectivity index (χ0) is 20.3. The van der Waals surface area contributed by atoms with E-state index < -0.39 is 0 Å². The van der Waals surface area contributed by atoms with Gasteiger partial charge in [-0.05, 0) is 11.6 Å². The molecule has 150 valence electrons. The first-order chi connectivity index (χ1) is 14.3. The lowest BCUT2D eigenvalue weighted by Crippen LogP contribution is -2.36. The maximum absolute atomic E-state index is 5.70. The van der Waals surface area contributed by atoms with Crippen molar-refractivity contribution in [1.82, 2.24) is 20.4 Å². The summed E-state index contributed by atoms with van der Waals surface area (Å²) in [4.78, 5) is 4.29. The second-order valence-electron chi connectivity index (χ2n) is 6.52. The lowest BCUT2D eigenvalue weighted by atomic mass is 10.2. The number of para-hydroxylation sites is 1. The van der Waals surface area contributed by atoms with Crippen LogP contribution in [0.1, 0.15) is 16.7 Å². The number of ether oxygens (including phenoxy) is 1. The lowest BCUT2D eigenvalue weighted by molar-refractivity contribution is 0.358. The van der Waals surface area contributed by atoms with E-state index >= 15 is 0 Å². The molecule has 0 bridgehead atoms. The van der Waals surface area contributed by atoms with Crippen LogP contribution in [0, 0.1) is 0 Å². The summed E-state index contributed by atoms with van der Waals surface area (Å²) in [6.07, 6.45) is 5.66. The van der Waals surface area contributed by atoms with E-state index in [2.05, 4.69) is 39.4 Å². The maximum atomic E-state index is 5.70. The van der Waals surface area contributed by atoms with Crippen LogP contribution in [-0.2, 0) is 19.6 Å². The highest BCUT2D eigenvalue weighted by Gasteiger charge is 2.05. The van der Waals surface area contributed by atoms with E-state index in [1.165, 1.54) is 5.56 Å². The molecule has 0 saturated heterocycles. The fourth-order valence-electron chi connectivity index (χ4n) is 2.88. The second kappa shape index (κ2) is 10.7. The molecule has 3 rings (SSSR count). The Morgan fingerprint density at radius 2 is 1.83 bits per heavy atom. The van der Waals surface area contributed by atoms with Gasteiger partial charge in [-0.2, -0.15) is 5.10 Å². The van der Waals surface area contributed by atoms with Crippen LogP contribution in [0.4, 0.5) is 0 Å².